The summed E-state index contributed by atoms with van der Waals surface area (Å²) in [5, 5.41) is 14.0. The zero-order chi connectivity index (χ0) is 24.7. The predicted octanol–water partition coefficient (Wildman–Crippen LogP) is 6.11. The molecule has 0 spiro atoms. The average molecular weight is 501 g/mol. The molecule has 0 amide bonds. The molecule has 4 heteroatoms. The first-order valence-electron chi connectivity index (χ1n) is 12.5. The van der Waals surface area contributed by atoms with Gasteiger partial charge in [0.2, 0.25) is 5.90 Å². The van der Waals surface area contributed by atoms with Crippen molar-refractivity contribution in [3.05, 3.63) is 121 Å². The molecule has 0 saturated heterocycles. The smallest absolute Gasteiger partial charge is 0.177 e. The minimum atomic E-state index is -2.03. The second kappa shape index (κ2) is 11.6. The van der Waals surface area contributed by atoms with Crippen LogP contribution >= 0.6 is 14.8 Å². The van der Waals surface area contributed by atoms with Crippen LogP contribution in [0.1, 0.15) is 27.7 Å². The fourth-order valence-electron chi connectivity index (χ4n) is 4.93. The topological polar surface area (TPSA) is 24.1 Å². The molecular formula is C31H38N2P2+2. The monoisotopic (exact) mass is 500 g/mol. The van der Waals surface area contributed by atoms with Crippen LogP contribution in [0.3, 0.4) is 0 Å². The molecule has 0 saturated carbocycles. The zero-order valence-electron chi connectivity index (χ0n) is 21.3. The van der Waals surface area contributed by atoms with E-state index >= 15 is 0 Å². The van der Waals surface area contributed by atoms with Crippen molar-refractivity contribution < 1.29 is 0 Å². The van der Waals surface area contributed by atoms with Crippen LogP contribution < -0.4 is 31.4 Å². The summed E-state index contributed by atoms with van der Waals surface area (Å²) in [4.78, 5) is 0. The highest BCUT2D eigenvalue weighted by atomic mass is 31.2. The highest BCUT2D eigenvalue weighted by Gasteiger charge is 2.58. The Bertz CT molecular complexity index is 990. The van der Waals surface area contributed by atoms with Crippen molar-refractivity contribution in [2.24, 2.45) is 0 Å². The summed E-state index contributed by atoms with van der Waals surface area (Å²) in [7, 11) is -4.06. The Morgan fingerprint density at radius 2 is 0.657 bits per heavy atom. The summed E-state index contributed by atoms with van der Waals surface area (Å²) < 4.78 is 0. The maximum atomic E-state index is 4.19. The van der Waals surface area contributed by atoms with E-state index in [0.717, 1.165) is 5.90 Å². The summed E-state index contributed by atoms with van der Waals surface area (Å²) in [5.74, 6) is 1.03. The summed E-state index contributed by atoms with van der Waals surface area (Å²) in [6, 6.07) is 45.4. The number of rotatable bonds is 10. The molecule has 0 aliphatic rings. The van der Waals surface area contributed by atoms with Gasteiger partial charge in [-0.25, -0.2) is 0 Å². The number of hydrogen-bond donors (Lipinski definition) is 2. The Morgan fingerprint density at radius 1 is 0.429 bits per heavy atom. The van der Waals surface area contributed by atoms with Gasteiger partial charge >= 0.3 is 0 Å². The molecule has 0 radical (unpaired) electrons. The van der Waals surface area contributed by atoms with E-state index in [1.54, 1.807) is 0 Å². The van der Waals surface area contributed by atoms with Gasteiger partial charge in [-0.05, 0) is 76.2 Å². The Hall–Kier alpha value is -2.34. The van der Waals surface area contributed by atoms with Crippen molar-refractivity contribution >= 4 is 36.0 Å². The summed E-state index contributed by atoms with van der Waals surface area (Å²) in [5.41, 5.74) is 0. The molecule has 4 aromatic rings. The highest BCUT2D eigenvalue weighted by Crippen LogP contribution is 2.68. The van der Waals surface area contributed by atoms with Gasteiger partial charge in [0.1, 0.15) is 21.2 Å². The van der Waals surface area contributed by atoms with Crippen LogP contribution in [0.25, 0.3) is 0 Å². The Kier molecular flexibility index (Phi) is 8.53. The Labute approximate surface area is 213 Å². The van der Waals surface area contributed by atoms with Crippen molar-refractivity contribution in [3.63, 3.8) is 0 Å². The fraction of sp³-hybridized carbons (Fsp3) is 0.226. The largest absolute Gasteiger partial charge is 0.210 e. The fourth-order valence-corrected chi connectivity index (χ4v) is 16.4. The van der Waals surface area contributed by atoms with Gasteiger partial charge < -0.3 is 0 Å². The molecule has 4 rings (SSSR count). The minimum Gasteiger partial charge on any atom is -0.177 e. The van der Waals surface area contributed by atoms with E-state index in [2.05, 4.69) is 159 Å². The first kappa shape index (κ1) is 25.7. The second-order valence-corrected chi connectivity index (χ2v) is 16.6. The third-order valence-corrected chi connectivity index (χ3v) is 16.2. The molecule has 0 heterocycles. The molecule has 0 bridgehead atoms. The number of nitrogens with one attached hydrogen (secondary N) is 2. The lowest BCUT2D eigenvalue weighted by Crippen LogP contribution is -2.46. The molecule has 0 unspecified atom stereocenters. The van der Waals surface area contributed by atoms with Crippen LogP contribution in [0.2, 0.25) is 0 Å². The molecule has 0 aromatic heterocycles. The van der Waals surface area contributed by atoms with E-state index in [4.69, 9.17) is 0 Å². The molecule has 0 aliphatic carbocycles. The van der Waals surface area contributed by atoms with Gasteiger partial charge in [-0.1, -0.05) is 72.8 Å². The van der Waals surface area contributed by atoms with Crippen molar-refractivity contribution in [1.82, 2.24) is 10.2 Å². The van der Waals surface area contributed by atoms with Crippen LogP contribution in [0.4, 0.5) is 0 Å². The standard InChI is InChI=1S/C31H38N2P2/c1-26(2)32-34(28-17-9-5-10-18-28,29-19-11-6-12-20-29)25-35(33-27(3)4,30-21-13-7-14-22-30)31-23-15-8-16-24-31/h5-24,26-27,32-33H,25H2,1-4H3/q+2. The van der Waals surface area contributed by atoms with Crippen LogP contribution in [-0.4, -0.2) is 18.0 Å². The Balaban J connectivity index is 2.05. The predicted molar refractivity (Wildman–Crippen MR) is 160 cm³/mol. The van der Waals surface area contributed by atoms with Crippen LogP contribution in [0.15, 0.2) is 121 Å². The summed E-state index contributed by atoms with van der Waals surface area (Å²) in [6.07, 6.45) is 0. The van der Waals surface area contributed by atoms with Gasteiger partial charge in [-0.2, -0.15) is 10.2 Å². The molecule has 2 N–H and O–H groups in total. The third-order valence-electron chi connectivity index (χ3n) is 6.17. The molecule has 0 aliphatic heterocycles. The zero-order valence-corrected chi connectivity index (χ0v) is 23.1. The van der Waals surface area contributed by atoms with Crippen molar-refractivity contribution in [2.45, 2.75) is 39.8 Å². The molecular weight excluding hydrogens is 462 g/mol. The van der Waals surface area contributed by atoms with Gasteiger partial charge in [0.25, 0.3) is 0 Å². The molecule has 4 aromatic carbocycles. The average Bonchev–Trinajstić information content (AvgIpc) is 2.89. The minimum absolute atomic E-state index is 0.344. The SMILES string of the molecule is CC(C)N[P+](C[P+](NC(C)C)(c1ccccc1)c1ccccc1)(c1ccccc1)c1ccccc1. The van der Waals surface area contributed by atoms with Crippen molar-refractivity contribution in [3.8, 4) is 0 Å². The van der Waals surface area contributed by atoms with Crippen LogP contribution in [0.5, 0.6) is 0 Å². The maximum absolute atomic E-state index is 4.19. The van der Waals surface area contributed by atoms with Crippen molar-refractivity contribution in [1.29, 1.82) is 0 Å². The molecule has 2 nitrogen and oxygen atoms in total. The molecule has 180 valence electrons. The van der Waals surface area contributed by atoms with E-state index in [1.165, 1.54) is 21.2 Å². The maximum Gasteiger partial charge on any atom is 0.210 e. The van der Waals surface area contributed by atoms with E-state index in [-0.39, 0.29) is 0 Å². The summed E-state index contributed by atoms with van der Waals surface area (Å²) >= 11 is 0. The lowest BCUT2D eigenvalue weighted by atomic mass is 10.4. The highest BCUT2D eigenvalue weighted by molar-refractivity contribution is 8.02. The van der Waals surface area contributed by atoms with Gasteiger partial charge in [0.05, 0.1) is 0 Å². The van der Waals surface area contributed by atoms with Gasteiger partial charge in [-0.3, -0.25) is 0 Å². The molecule has 0 atom stereocenters. The summed E-state index contributed by atoms with van der Waals surface area (Å²) in [6.45, 7) is 9.12. The van der Waals surface area contributed by atoms with E-state index in [9.17, 15) is 0 Å². The second-order valence-electron chi connectivity index (χ2n) is 9.67. The van der Waals surface area contributed by atoms with Crippen molar-refractivity contribution in [2.75, 3.05) is 5.90 Å². The van der Waals surface area contributed by atoms with E-state index < -0.39 is 14.8 Å². The third kappa shape index (κ3) is 5.74. The van der Waals surface area contributed by atoms with Crippen LogP contribution in [0, 0.1) is 0 Å². The normalized spacial score (nSPS) is 12.3. The first-order chi connectivity index (χ1) is 17.0. The lowest BCUT2D eigenvalue weighted by Gasteiger charge is -2.36. The van der Waals surface area contributed by atoms with Gasteiger partial charge in [0.15, 0.2) is 14.8 Å². The Morgan fingerprint density at radius 3 is 0.857 bits per heavy atom. The number of hydrogen-bond acceptors (Lipinski definition) is 2. The van der Waals surface area contributed by atoms with Gasteiger partial charge in [-0.15, -0.1) is 0 Å². The van der Waals surface area contributed by atoms with E-state index in [0.29, 0.717) is 12.1 Å². The lowest BCUT2D eigenvalue weighted by molar-refractivity contribution is 0.754. The van der Waals surface area contributed by atoms with E-state index in [1.807, 2.05) is 0 Å². The number of benzene rings is 4. The first-order valence-corrected chi connectivity index (χ1v) is 16.5. The quantitative estimate of drug-likeness (QED) is 0.257. The molecule has 35 heavy (non-hydrogen) atoms. The van der Waals surface area contributed by atoms with Crippen LogP contribution in [-0.2, 0) is 0 Å². The van der Waals surface area contributed by atoms with Gasteiger partial charge in [0, 0.05) is 12.1 Å². The molecule has 0 fully saturated rings.